The number of hydrogen-bond acceptors (Lipinski definition) is 4. The van der Waals surface area contributed by atoms with Gasteiger partial charge in [-0.3, -0.25) is 4.98 Å². The minimum atomic E-state index is -0.340. The number of aromatic nitrogens is 1. The first-order chi connectivity index (χ1) is 9.36. The van der Waals surface area contributed by atoms with Gasteiger partial charge in [0.25, 0.3) is 0 Å². The van der Waals surface area contributed by atoms with Crippen LogP contribution in [0.5, 0.6) is 0 Å². The van der Waals surface area contributed by atoms with E-state index in [-0.39, 0.29) is 18.3 Å². The van der Waals surface area contributed by atoms with Gasteiger partial charge in [0.1, 0.15) is 0 Å². The molecule has 5 heteroatoms. The molecule has 1 aromatic heterocycles. The molecule has 4 nitrogen and oxygen atoms in total. The van der Waals surface area contributed by atoms with Crippen LogP contribution in [0.1, 0.15) is 39.0 Å². The number of nitrogens with two attached hydrogens (primary N) is 1. The van der Waals surface area contributed by atoms with Crippen molar-refractivity contribution >= 4 is 13.2 Å². The van der Waals surface area contributed by atoms with Crippen molar-refractivity contribution < 1.29 is 9.31 Å². The Labute approximate surface area is 121 Å². The molecule has 1 aromatic rings. The van der Waals surface area contributed by atoms with E-state index in [4.69, 9.17) is 15.0 Å². The van der Waals surface area contributed by atoms with Crippen LogP contribution in [0.2, 0.25) is 0 Å². The Morgan fingerprint density at radius 3 is 2.50 bits per heavy atom. The molecular weight excluding hydrogens is 251 g/mol. The standard InChI is InChI=1S/C15H23BN2O2/c1-14(2)15(3,4)20-16(19-14)9-7-13-12(8-10-17)6-5-11-18-13/h5-7,9,11H,8,10,17H2,1-4H3/b9-7+. The predicted octanol–water partition coefficient (Wildman–Crippen LogP) is 2.23. The highest BCUT2D eigenvalue weighted by Gasteiger charge is 2.50. The molecule has 0 radical (unpaired) electrons. The van der Waals surface area contributed by atoms with Gasteiger partial charge in [0.05, 0.1) is 16.9 Å². The first-order valence-electron chi connectivity index (χ1n) is 7.03. The van der Waals surface area contributed by atoms with Crippen LogP contribution >= 0.6 is 0 Å². The summed E-state index contributed by atoms with van der Waals surface area (Å²) in [6, 6.07) is 3.97. The van der Waals surface area contributed by atoms with E-state index in [2.05, 4.69) is 4.98 Å². The van der Waals surface area contributed by atoms with Crippen LogP contribution in [0.4, 0.5) is 0 Å². The quantitative estimate of drug-likeness (QED) is 0.855. The molecule has 1 aliphatic rings. The van der Waals surface area contributed by atoms with Gasteiger partial charge in [-0.15, -0.1) is 0 Å². The first-order valence-corrected chi connectivity index (χ1v) is 7.03. The molecule has 2 heterocycles. The predicted molar refractivity (Wildman–Crippen MR) is 82.1 cm³/mol. The molecule has 0 aromatic carbocycles. The van der Waals surface area contributed by atoms with Crippen LogP contribution in [-0.4, -0.2) is 29.8 Å². The Morgan fingerprint density at radius 1 is 1.25 bits per heavy atom. The summed E-state index contributed by atoms with van der Waals surface area (Å²) >= 11 is 0. The highest BCUT2D eigenvalue weighted by molar-refractivity contribution is 6.52. The molecule has 1 aliphatic heterocycles. The lowest BCUT2D eigenvalue weighted by molar-refractivity contribution is 0.00578. The third-order valence-corrected chi connectivity index (χ3v) is 4.02. The van der Waals surface area contributed by atoms with Crippen LogP contribution in [0.25, 0.3) is 6.08 Å². The summed E-state index contributed by atoms with van der Waals surface area (Å²) in [6.45, 7) is 8.79. The van der Waals surface area contributed by atoms with E-state index in [1.807, 2.05) is 51.9 Å². The maximum Gasteiger partial charge on any atom is 0.487 e. The van der Waals surface area contributed by atoms with E-state index in [0.717, 1.165) is 17.7 Å². The van der Waals surface area contributed by atoms with E-state index in [1.54, 1.807) is 6.20 Å². The minimum absolute atomic E-state index is 0.313. The SMILES string of the molecule is CC1(C)OB(/C=C/c2ncccc2CCN)OC1(C)C. The fraction of sp³-hybridized carbons (Fsp3) is 0.533. The van der Waals surface area contributed by atoms with Gasteiger partial charge in [-0.25, -0.2) is 0 Å². The molecule has 2 N–H and O–H groups in total. The topological polar surface area (TPSA) is 57.4 Å². The van der Waals surface area contributed by atoms with Gasteiger partial charge < -0.3 is 15.0 Å². The third kappa shape index (κ3) is 3.11. The molecule has 108 valence electrons. The Morgan fingerprint density at radius 2 is 1.90 bits per heavy atom. The number of pyridine rings is 1. The van der Waals surface area contributed by atoms with E-state index in [9.17, 15) is 0 Å². The van der Waals surface area contributed by atoms with E-state index in [1.165, 1.54) is 0 Å². The van der Waals surface area contributed by atoms with Gasteiger partial charge in [0.15, 0.2) is 0 Å². The van der Waals surface area contributed by atoms with Crippen molar-refractivity contribution in [3.8, 4) is 0 Å². The third-order valence-electron chi connectivity index (χ3n) is 4.02. The van der Waals surface area contributed by atoms with Gasteiger partial charge in [-0.1, -0.05) is 12.0 Å². The Kier molecular flexibility index (Phi) is 4.32. The summed E-state index contributed by atoms with van der Waals surface area (Å²) in [4.78, 5) is 4.38. The molecule has 0 spiro atoms. The van der Waals surface area contributed by atoms with Gasteiger partial charge in [0, 0.05) is 6.20 Å². The van der Waals surface area contributed by atoms with Crippen LogP contribution in [0.3, 0.4) is 0 Å². The van der Waals surface area contributed by atoms with Crippen molar-refractivity contribution in [3.63, 3.8) is 0 Å². The molecule has 2 rings (SSSR count). The fourth-order valence-corrected chi connectivity index (χ4v) is 2.10. The summed E-state index contributed by atoms with van der Waals surface area (Å²) in [6.07, 6.45) is 4.55. The van der Waals surface area contributed by atoms with Gasteiger partial charge >= 0.3 is 7.12 Å². The molecule has 0 atom stereocenters. The highest BCUT2D eigenvalue weighted by Crippen LogP contribution is 2.37. The average molecular weight is 274 g/mol. The maximum atomic E-state index is 5.92. The number of hydrogen-bond donors (Lipinski definition) is 1. The summed E-state index contributed by atoms with van der Waals surface area (Å²) in [5, 5.41) is 0. The lowest BCUT2D eigenvalue weighted by Gasteiger charge is -2.32. The van der Waals surface area contributed by atoms with Crippen molar-refractivity contribution in [1.29, 1.82) is 0 Å². The van der Waals surface area contributed by atoms with Crippen molar-refractivity contribution in [3.05, 3.63) is 35.6 Å². The van der Waals surface area contributed by atoms with Gasteiger partial charge in [-0.2, -0.15) is 0 Å². The summed E-state index contributed by atoms with van der Waals surface area (Å²) in [5.74, 6) is 1.92. The lowest BCUT2D eigenvalue weighted by Crippen LogP contribution is -2.41. The monoisotopic (exact) mass is 274 g/mol. The molecule has 0 unspecified atom stereocenters. The van der Waals surface area contributed by atoms with Crippen molar-refractivity contribution in [2.75, 3.05) is 6.54 Å². The second-order valence-electron chi connectivity index (χ2n) is 6.07. The molecule has 0 bridgehead atoms. The van der Waals surface area contributed by atoms with Gasteiger partial charge in [0.2, 0.25) is 0 Å². The summed E-state index contributed by atoms with van der Waals surface area (Å²) in [7, 11) is -0.340. The van der Waals surface area contributed by atoms with Gasteiger partial charge in [-0.05, 0) is 58.4 Å². The fourth-order valence-electron chi connectivity index (χ4n) is 2.10. The van der Waals surface area contributed by atoms with E-state index in [0.29, 0.717) is 6.54 Å². The zero-order valence-electron chi connectivity index (χ0n) is 12.7. The lowest BCUT2D eigenvalue weighted by atomic mass is 9.89. The molecule has 0 aliphatic carbocycles. The Balaban J connectivity index is 2.12. The minimum Gasteiger partial charge on any atom is -0.400 e. The maximum absolute atomic E-state index is 5.92. The smallest absolute Gasteiger partial charge is 0.400 e. The summed E-state index contributed by atoms with van der Waals surface area (Å²) in [5.41, 5.74) is 7.06. The van der Waals surface area contributed by atoms with Crippen molar-refractivity contribution in [1.82, 2.24) is 4.98 Å². The van der Waals surface area contributed by atoms with Crippen LogP contribution in [-0.2, 0) is 15.7 Å². The number of rotatable bonds is 4. The van der Waals surface area contributed by atoms with Crippen LogP contribution < -0.4 is 5.73 Å². The second kappa shape index (κ2) is 5.68. The molecule has 20 heavy (non-hydrogen) atoms. The summed E-state index contributed by atoms with van der Waals surface area (Å²) < 4.78 is 11.8. The Bertz CT molecular complexity index is 484. The second-order valence-corrected chi connectivity index (χ2v) is 6.07. The highest BCUT2D eigenvalue weighted by atomic mass is 16.7. The molecule has 0 amide bonds. The van der Waals surface area contributed by atoms with E-state index >= 15 is 0 Å². The van der Waals surface area contributed by atoms with E-state index < -0.39 is 0 Å². The largest absolute Gasteiger partial charge is 0.487 e. The first kappa shape index (κ1) is 15.2. The van der Waals surface area contributed by atoms with Crippen LogP contribution in [0.15, 0.2) is 24.3 Å². The molecule has 1 saturated heterocycles. The average Bonchev–Trinajstić information content (AvgIpc) is 2.57. The number of nitrogens with zero attached hydrogens (tertiary/aromatic N) is 1. The van der Waals surface area contributed by atoms with Crippen LogP contribution in [0, 0.1) is 0 Å². The zero-order chi connectivity index (χ0) is 14.8. The Hall–Kier alpha value is -1.17. The van der Waals surface area contributed by atoms with Crippen molar-refractivity contribution in [2.24, 2.45) is 5.73 Å². The molecule has 0 saturated carbocycles. The molecule has 1 fully saturated rings. The molecular formula is C15H23BN2O2. The zero-order valence-corrected chi connectivity index (χ0v) is 12.7. The van der Waals surface area contributed by atoms with Crippen molar-refractivity contribution in [2.45, 2.75) is 45.3 Å². The normalized spacial score (nSPS) is 20.8.